The molecule has 7 atom stereocenters. The van der Waals surface area contributed by atoms with Crippen LogP contribution in [0, 0.1) is 27.6 Å². The molecule has 7 heteroatoms. The summed E-state index contributed by atoms with van der Waals surface area (Å²) in [6.07, 6.45) is 5.10. The molecule has 0 bridgehead atoms. The van der Waals surface area contributed by atoms with Crippen LogP contribution in [0.2, 0.25) is 0 Å². The summed E-state index contributed by atoms with van der Waals surface area (Å²) in [6, 6.07) is 0. The SMILES string of the molecule is CCCC(=O)OC1CC(C=O)=CCC2C1(C=O)CCC1(C)C(C)(CO)C(O)CCC21CO. The summed E-state index contributed by atoms with van der Waals surface area (Å²) in [5.41, 5.74) is -2.86. The number of rotatable bonds is 7. The lowest BCUT2D eigenvalue weighted by Crippen LogP contribution is -2.70. The lowest BCUT2D eigenvalue weighted by Gasteiger charge is -2.70. The van der Waals surface area contributed by atoms with Crippen LogP contribution in [-0.4, -0.2) is 59.3 Å². The van der Waals surface area contributed by atoms with Crippen LogP contribution in [0.5, 0.6) is 0 Å². The van der Waals surface area contributed by atoms with E-state index in [1.54, 1.807) is 0 Å². The number of hydrogen-bond donors (Lipinski definition) is 3. The molecule has 0 saturated heterocycles. The first-order valence-corrected chi connectivity index (χ1v) is 11.8. The highest BCUT2D eigenvalue weighted by Gasteiger charge is 2.72. The third-order valence-electron chi connectivity index (χ3n) is 9.68. The highest BCUT2D eigenvalue weighted by Crippen LogP contribution is 2.72. The molecule has 0 radical (unpaired) electrons. The van der Waals surface area contributed by atoms with Gasteiger partial charge in [-0.3, -0.25) is 9.59 Å². The first-order chi connectivity index (χ1) is 15.1. The van der Waals surface area contributed by atoms with Crippen LogP contribution in [0.1, 0.15) is 72.1 Å². The van der Waals surface area contributed by atoms with Gasteiger partial charge in [-0.2, -0.15) is 0 Å². The van der Waals surface area contributed by atoms with Crippen molar-refractivity contribution in [3.8, 4) is 0 Å². The van der Waals surface area contributed by atoms with Gasteiger partial charge in [0.2, 0.25) is 0 Å². The first-order valence-electron chi connectivity index (χ1n) is 11.8. The zero-order valence-electron chi connectivity index (χ0n) is 19.5. The zero-order valence-corrected chi connectivity index (χ0v) is 19.5. The third-order valence-corrected chi connectivity index (χ3v) is 9.68. The van der Waals surface area contributed by atoms with Gasteiger partial charge in [0.15, 0.2) is 0 Å². The number of aliphatic hydroxyl groups is 3. The van der Waals surface area contributed by atoms with E-state index in [0.717, 1.165) is 12.6 Å². The van der Waals surface area contributed by atoms with Crippen molar-refractivity contribution in [3.05, 3.63) is 11.6 Å². The van der Waals surface area contributed by atoms with Crippen molar-refractivity contribution < 1.29 is 34.4 Å². The van der Waals surface area contributed by atoms with E-state index < -0.39 is 45.8 Å². The van der Waals surface area contributed by atoms with Crippen molar-refractivity contribution in [3.63, 3.8) is 0 Å². The van der Waals surface area contributed by atoms with E-state index in [0.29, 0.717) is 44.1 Å². The Bertz CT molecular complexity index is 778. The van der Waals surface area contributed by atoms with Crippen molar-refractivity contribution >= 4 is 18.5 Å². The molecule has 7 unspecified atom stereocenters. The highest BCUT2D eigenvalue weighted by molar-refractivity contribution is 5.75. The molecule has 3 aliphatic carbocycles. The van der Waals surface area contributed by atoms with Gasteiger partial charge in [0, 0.05) is 30.3 Å². The summed E-state index contributed by atoms with van der Waals surface area (Å²) >= 11 is 0. The number of allylic oxidation sites excluding steroid dienone is 1. The third kappa shape index (κ3) is 3.31. The lowest BCUT2D eigenvalue weighted by molar-refractivity contribution is -0.268. The van der Waals surface area contributed by atoms with E-state index >= 15 is 0 Å². The monoisotopic (exact) mass is 450 g/mol. The van der Waals surface area contributed by atoms with Crippen LogP contribution in [-0.2, 0) is 19.1 Å². The molecular formula is C25H38O7. The van der Waals surface area contributed by atoms with Crippen LogP contribution in [0.25, 0.3) is 0 Å². The Kier molecular flexibility index (Phi) is 7.04. The second kappa shape index (κ2) is 8.99. The molecule has 0 aromatic rings. The maximum absolute atomic E-state index is 12.9. The number of hydrogen-bond acceptors (Lipinski definition) is 7. The number of ether oxygens (including phenoxy) is 1. The molecule has 0 heterocycles. The average molecular weight is 451 g/mol. The smallest absolute Gasteiger partial charge is 0.306 e. The van der Waals surface area contributed by atoms with E-state index in [4.69, 9.17) is 4.74 Å². The van der Waals surface area contributed by atoms with Crippen molar-refractivity contribution in [2.24, 2.45) is 27.6 Å². The molecule has 3 N–H and O–H groups in total. The second-order valence-corrected chi connectivity index (χ2v) is 10.6. The summed E-state index contributed by atoms with van der Waals surface area (Å²) in [5.74, 6) is -0.790. The molecule has 0 aromatic carbocycles. The van der Waals surface area contributed by atoms with E-state index in [2.05, 4.69) is 0 Å². The highest BCUT2D eigenvalue weighted by atomic mass is 16.5. The number of aliphatic hydroxyl groups excluding tert-OH is 3. The summed E-state index contributed by atoms with van der Waals surface area (Å²) in [5, 5.41) is 32.2. The largest absolute Gasteiger partial charge is 0.461 e. The van der Waals surface area contributed by atoms with Gasteiger partial charge < -0.3 is 24.9 Å². The van der Waals surface area contributed by atoms with Crippen LogP contribution in [0.15, 0.2) is 11.6 Å². The van der Waals surface area contributed by atoms with Crippen LogP contribution < -0.4 is 0 Å². The molecule has 180 valence electrons. The van der Waals surface area contributed by atoms with Crippen LogP contribution >= 0.6 is 0 Å². The van der Waals surface area contributed by atoms with Crippen molar-refractivity contribution in [1.82, 2.24) is 0 Å². The van der Waals surface area contributed by atoms with Crippen molar-refractivity contribution in [2.75, 3.05) is 13.2 Å². The van der Waals surface area contributed by atoms with Gasteiger partial charge in [-0.15, -0.1) is 0 Å². The van der Waals surface area contributed by atoms with Gasteiger partial charge >= 0.3 is 5.97 Å². The number of fused-ring (bicyclic) bond motifs is 3. The molecule has 3 rings (SSSR count). The average Bonchev–Trinajstić information content (AvgIpc) is 2.94. The maximum Gasteiger partial charge on any atom is 0.306 e. The number of aldehydes is 2. The molecule has 0 aromatic heterocycles. The summed E-state index contributed by atoms with van der Waals surface area (Å²) in [7, 11) is 0. The minimum Gasteiger partial charge on any atom is -0.461 e. The Labute approximate surface area is 190 Å². The lowest BCUT2D eigenvalue weighted by atomic mass is 9.35. The first kappa shape index (κ1) is 25.1. The quantitative estimate of drug-likeness (QED) is 0.402. The van der Waals surface area contributed by atoms with Gasteiger partial charge in [0.25, 0.3) is 0 Å². The Morgan fingerprint density at radius 2 is 1.91 bits per heavy atom. The Morgan fingerprint density at radius 1 is 1.19 bits per heavy atom. The zero-order chi connectivity index (χ0) is 23.8. The fourth-order valence-electron chi connectivity index (χ4n) is 7.29. The summed E-state index contributed by atoms with van der Waals surface area (Å²) in [6.45, 7) is 5.28. The van der Waals surface area contributed by atoms with Crippen LogP contribution in [0.3, 0.4) is 0 Å². The minimum absolute atomic E-state index is 0.173. The molecule has 0 amide bonds. The number of carbonyl (C=O) groups is 3. The fraction of sp³-hybridized carbons (Fsp3) is 0.800. The van der Waals surface area contributed by atoms with Gasteiger partial charge in [-0.05, 0) is 55.4 Å². The van der Waals surface area contributed by atoms with Gasteiger partial charge in [-0.1, -0.05) is 26.8 Å². The predicted molar refractivity (Wildman–Crippen MR) is 117 cm³/mol. The molecule has 0 aliphatic heterocycles. The van der Waals surface area contributed by atoms with Gasteiger partial charge in [0.1, 0.15) is 18.7 Å². The standard InChI is InChI=1S/C25H38O7/c1-4-5-21(31)32-20-12-17(13-26)6-7-18-24(20,15-28)11-10-23(3)22(2,14-27)19(30)8-9-25(18,23)16-29/h6,13,15,18-20,27,29-30H,4-5,7-12,14,16H2,1-3H3. The second-order valence-electron chi connectivity index (χ2n) is 10.6. The minimum atomic E-state index is -1.05. The van der Waals surface area contributed by atoms with Crippen molar-refractivity contribution in [1.29, 1.82) is 0 Å². The maximum atomic E-state index is 12.9. The molecule has 0 spiro atoms. The molecule has 2 saturated carbocycles. The summed E-state index contributed by atoms with van der Waals surface area (Å²) < 4.78 is 5.86. The van der Waals surface area contributed by atoms with Crippen LogP contribution in [0.4, 0.5) is 0 Å². The molecule has 3 aliphatic rings. The van der Waals surface area contributed by atoms with Gasteiger partial charge in [-0.25, -0.2) is 0 Å². The Morgan fingerprint density at radius 3 is 2.47 bits per heavy atom. The topological polar surface area (TPSA) is 121 Å². The molecule has 2 fully saturated rings. The van der Waals surface area contributed by atoms with Gasteiger partial charge in [0.05, 0.1) is 18.1 Å². The fourth-order valence-corrected chi connectivity index (χ4v) is 7.29. The number of esters is 1. The predicted octanol–water partition coefficient (Wildman–Crippen LogP) is 2.35. The Balaban J connectivity index is 2.18. The molecule has 7 nitrogen and oxygen atoms in total. The summed E-state index contributed by atoms with van der Waals surface area (Å²) in [4.78, 5) is 37.1. The van der Waals surface area contributed by atoms with E-state index in [1.807, 2.05) is 26.8 Å². The van der Waals surface area contributed by atoms with E-state index in [-0.39, 0.29) is 26.1 Å². The van der Waals surface area contributed by atoms with E-state index in [9.17, 15) is 29.7 Å². The number of carbonyl (C=O) groups excluding carboxylic acids is 3. The molecular weight excluding hydrogens is 412 g/mol. The Hall–Kier alpha value is -1.57. The van der Waals surface area contributed by atoms with E-state index in [1.165, 1.54) is 0 Å². The van der Waals surface area contributed by atoms with Crippen molar-refractivity contribution in [2.45, 2.75) is 84.3 Å². The molecule has 32 heavy (non-hydrogen) atoms. The normalized spacial score (nSPS) is 43.8.